The molecular weight excluding hydrogens is 398 g/mol. The van der Waals surface area contributed by atoms with Gasteiger partial charge in [-0.2, -0.15) is 0 Å². The Morgan fingerprint density at radius 1 is 1.25 bits per heavy atom. The highest BCUT2D eigenvalue weighted by Crippen LogP contribution is 2.32. The molecule has 2 heterocycles. The van der Waals surface area contributed by atoms with Gasteiger partial charge >= 0.3 is 0 Å². The second-order valence-electron chi connectivity index (χ2n) is 6.07. The SMILES string of the molecule is CCc1cc(C(=O)c2ccccc2Cl)c(-n2c(C)nnc2CNC(=O)CN)s1. The number of hydrogen-bond acceptors (Lipinski definition) is 6. The van der Waals surface area contributed by atoms with Gasteiger partial charge in [-0.1, -0.05) is 30.7 Å². The summed E-state index contributed by atoms with van der Waals surface area (Å²) in [6.07, 6.45) is 0.786. The molecule has 0 aliphatic rings. The number of hydrogen-bond donors (Lipinski definition) is 2. The van der Waals surface area contributed by atoms with Gasteiger partial charge < -0.3 is 11.1 Å². The zero-order chi connectivity index (χ0) is 20.3. The van der Waals surface area contributed by atoms with Crippen molar-refractivity contribution in [3.63, 3.8) is 0 Å². The number of rotatable bonds is 7. The molecular formula is C19H20ClN5O2S. The Morgan fingerprint density at radius 3 is 2.68 bits per heavy atom. The monoisotopic (exact) mass is 417 g/mol. The van der Waals surface area contributed by atoms with Gasteiger partial charge in [-0.3, -0.25) is 14.2 Å². The maximum absolute atomic E-state index is 13.2. The van der Waals surface area contributed by atoms with Crippen molar-refractivity contribution in [1.82, 2.24) is 20.1 Å². The minimum Gasteiger partial charge on any atom is -0.348 e. The lowest BCUT2D eigenvalue weighted by atomic mass is 10.0. The molecule has 0 saturated heterocycles. The van der Waals surface area contributed by atoms with Crippen LogP contribution in [0, 0.1) is 6.92 Å². The zero-order valence-electron chi connectivity index (χ0n) is 15.5. The van der Waals surface area contributed by atoms with Crippen LogP contribution in [0.2, 0.25) is 5.02 Å². The molecule has 0 bridgehead atoms. The number of benzene rings is 1. The number of halogens is 1. The van der Waals surface area contributed by atoms with Crippen molar-refractivity contribution in [2.75, 3.05) is 6.54 Å². The Hall–Kier alpha value is -2.55. The number of aryl methyl sites for hydroxylation is 2. The summed E-state index contributed by atoms with van der Waals surface area (Å²) < 4.78 is 1.80. The van der Waals surface area contributed by atoms with E-state index in [4.69, 9.17) is 17.3 Å². The largest absolute Gasteiger partial charge is 0.348 e. The van der Waals surface area contributed by atoms with Crippen LogP contribution in [0.4, 0.5) is 0 Å². The highest BCUT2D eigenvalue weighted by molar-refractivity contribution is 7.15. The Bertz CT molecular complexity index is 1030. The molecule has 3 rings (SSSR count). The fraction of sp³-hybridized carbons (Fsp3) is 0.263. The molecule has 0 radical (unpaired) electrons. The van der Waals surface area contributed by atoms with Crippen LogP contribution >= 0.6 is 22.9 Å². The standard InChI is InChI=1S/C19H20ClN5O2S/c1-3-12-8-14(18(27)13-6-4-5-7-15(13)20)19(28-12)25-11(2)23-24-16(25)10-22-17(26)9-21/h4-8H,3,9-10,21H2,1-2H3,(H,22,26). The summed E-state index contributed by atoms with van der Waals surface area (Å²) in [5, 5.41) is 12.1. The number of nitrogens with zero attached hydrogens (tertiary/aromatic N) is 3. The molecule has 0 spiro atoms. The molecule has 0 aliphatic carbocycles. The molecule has 7 nitrogen and oxygen atoms in total. The van der Waals surface area contributed by atoms with E-state index in [9.17, 15) is 9.59 Å². The molecule has 0 saturated carbocycles. The van der Waals surface area contributed by atoms with Crippen LogP contribution in [0.1, 0.15) is 39.4 Å². The van der Waals surface area contributed by atoms with Gasteiger partial charge in [0.25, 0.3) is 0 Å². The van der Waals surface area contributed by atoms with E-state index in [1.54, 1.807) is 35.8 Å². The quantitative estimate of drug-likeness (QED) is 0.575. The van der Waals surface area contributed by atoms with Crippen LogP contribution in [0.3, 0.4) is 0 Å². The third-order valence-corrected chi connectivity index (χ3v) is 5.79. The zero-order valence-corrected chi connectivity index (χ0v) is 17.1. The fourth-order valence-corrected chi connectivity index (χ4v) is 4.14. The summed E-state index contributed by atoms with van der Waals surface area (Å²) >= 11 is 7.74. The first-order valence-electron chi connectivity index (χ1n) is 8.76. The van der Waals surface area contributed by atoms with E-state index in [2.05, 4.69) is 15.5 Å². The topological polar surface area (TPSA) is 103 Å². The number of carbonyl (C=O) groups excluding carboxylic acids is 2. The summed E-state index contributed by atoms with van der Waals surface area (Å²) in [6, 6.07) is 8.85. The maximum Gasteiger partial charge on any atom is 0.234 e. The number of nitrogens with two attached hydrogens (primary N) is 1. The van der Waals surface area contributed by atoms with E-state index in [0.717, 1.165) is 11.3 Å². The predicted molar refractivity (Wildman–Crippen MR) is 109 cm³/mol. The molecule has 3 aromatic rings. The molecule has 3 N–H and O–H groups in total. The molecule has 0 atom stereocenters. The van der Waals surface area contributed by atoms with Crippen molar-refractivity contribution in [1.29, 1.82) is 0 Å². The second-order valence-corrected chi connectivity index (χ2v) is 7.60. The lowest BCUT2D eigenvalue weighted by molar-refractivity contribution is -0.119. The Morgan fingerprint density at radius 2 is 2.00 bits per heavy atom. The number of thiophene rings is 1. The first-order chi connectivity index (χ1) is 13.5. The summed E-state index contributed by atoms with van der Waals surface area (Å²) in [6.45, 7) is 3.88. The first-order valence-corrected chi connectivity index (χ1v) is 9.95. The molecule has 146 valence electrons. The van der Waals surface area contributed by atoms with Gasteiger partial charge in [0, 0.05) is 10.4 Å². The summed E-state index contributed by atoms with van der Waals surface area (Å²) in [7, 11) is 0. The second kappa shape index (κ2) is 8.64. The van der Waals surface area contributed by atoms with Crippen LogP contribution in [-0.4, -0.2) is 33.0 Å². The number of aromatic nitrogens is 3. The van der Waals surface area contributed by atoms with Gasteiger partial charge in [-0.05, 0) is 31.5 Å². The van der Waals surface area contributed by atoms with Crippen LogP contribution in [0.25, 0.3) is 5.00 Å². The third-order valence-electron chi connectivity index (χ3n) is 4.20. The van der Waals surface area contributed by atoms with Crippen molar-refractivity contribution in [2.24, 2.45) is 5.73 Å². The van der Waals surface area contributed by atoms with Crippen molar-refractivity contribution in [3.05, 3.63) is 63.0 Å². The Labute approximate surface area is 171 Å². The third kappa shape index (κ3) is 3.99. The first kappa shape index (κ1) is 20.2. The average Bonchev–Trinajstić information content (AvgIpc) is 3.28. The maximum atomic E-state index is 13.2. The molecule has 2 aromatic heterocycles. The van der Waals surface area contributed by atoms with Crippen LogP contribution in [0.5, 0.6) is 0 Å². The smallest absolute Gasteiger partial charge is 0.234 e. The van der Waals surface area contributed by atoms with Crippen LogP contribution in [-0.2, 0) is 17.8 Å². The fourth-order valence-electron chi connectivity index (χ4n) is 2.76. The number of carbonyl (C=O) groups is 2. The van der Waals surface area contributed by atoms with Gasteiger partial charge in [-0.25, -0.2) is 0 Å². The van der Waals surface area contributed by atoms with Gasteiger partial charge in [0.15, 0.2) is 11.6 Å². The van der Waals surface area contributed by atoms with Crippen molar-refractivity contribution in [2.45, 2.75) is 26.8 Å². The van der Waals surface area contributed by atoms with E-state index in [1.807, 2.05) is 13.0 Å². The number of amides is 1. The molecule has 28 heavy (non-hydrogen) atoms. The van der Waals surface area contributed by atoms with Crippen LogP contribution in [0.15, 0.2) is 30.3 Å². The highest BCUT2D eigenvalue weighted by Gasteiger charge is 2.23. The summed E-state index contributed by atoms with van der Waals surface area (Å²) in [5.74, 6) is 0.688. The molecule has 0 unspecified atom stereocenters. The lowest BCUT2D eigenvalue weighted by Crippen LogP contribution is -2.30. The van der Waals surface area contributed by atoms with Gasteiger partial charge in [0.1, 0.15) is 10.8 Å². The Kier molecular flexibility index (Phi) is 6.23. The molecule has 1 aromatic carbocycles. The lowest BCUT2D eigenvalue weighted by Gasteiger charge is -2.10. The average molecular weight is 418 g/mol. The van der Waals surface area contributed by atoms with Gasteiger partial charge in [0.05, 0.1) is 23.7 Å². The Balaban J connectivity index is 2.08. The van der Waals surface area contributed by atoms with Crippen molar-refractivity contribution >= 4 is 34.6 Å². The van der Waals surface area contributed by atoms with Gasteiger partial charge in [0.2, 0.25) is 5.91 Å². The number of ketones is 1. The predicted octanol–water partition coefficient (Wildman–Crippen LogP) is 2.66. The molecule has 0 fully saturated rings. The van der Waals surface area contributed by atoms with Gasteiger partial charge in [-0.15, -0.1) is 21.5 Å². The van der Waals surface area contributed by atoms with E-state index in [1.165, 1.54) is 11.3 Å². The normalized spacial score (nSPS) is 10.9. The highest BCUT2D eigenvalue weighted by atomic mass is 35.5. The van der Waals surface area contributed by atoms with E-state index >= 15 is 0 Å². The van der Waals surface area contributed by atoms with Crippen molar-refractivity contribution < 1.29 is 9.59 Å². The summed E-state index contributed by atoms with van der Waals surface area (Å²) in [4.78, 5) is 25.8. The van der Waals surface area contributed by atoms with Crippen LogP contribution < -0.4 is 11.1 Å². The molecule has 0 aliphatic heterocycles. The van der Waals surface area contributed by atoms with Crippen molar-refractivity contribution in [3.8, 4) is 5.00 Å². The molecule has 9 heteroatoms. The number of nitrogens with one attached hydrogen (secondary N) is 1. The van der Waals surface area contributed by atoms with E-state index in [-0.39, 0.29) is 24.8 Å². The summed E-state index contributed by atoms with van der Waals surface area (Å²) in [5.41, 5.74) is 6.32. The van der Waals surface area contributed by atoms with E-state index < -0.39 is 0 Å². The minimum absolute atomic E-state index is 0.109. The minimum atomic E-state index is -0.292. The molecule has 1 amide bonds. The van der Waals surface area contributed by atoms with E-state index in [0.29, 0.717) is 32.8 Å².